The van der Waals surface area contributed by atoms with Crippen molar-refractivity contribution in [1.82, 2.24) is 4.57 Å². The smallest absolute Gasteiger partial charge is 0.252 e. The Balaban J connectivity index is 1.15. The Morgan fingerprint density at radius 2 is 0.714 bits per heavy atom. The molecule has 0 unspecified atom stereocenters. The van der Waals surface area contributed by atoms with E-state index in [-0.39, 0.29) is 28.4 Å². The molecule has 0 spiro atoms. The normalized spacial score (nSPS) is 13.6. The molecule has 2 aliphatic heterocycles. The van der Waals surface area contributed by atoms with Crippen LogP contribution in [0.4, 0.5) is 34.1 Å². The van der Waals surface area contributed by atoms with Crippen molar-refractivity contribution in [2.75, 3.05) is 9.80 Å². The van der Waals surface area contributed by atoms with Crippen molar-refractivity contribution in [2.24, 2.45) is 0 Å². The number of anilines is 6. The van der Waals surface area contributed by atoms with E-state index >= 15 is 0 Å². The second-order valence-electron chi connectivity index (χ2n) is 28.3. The summed E-state index contributed by atoms with van der Waals surface area (Å²) in [5, 5.41) is 12.5. The molecular weight excluding hydrogens is 1010 g/mol. The van der Waals surface area contributed by atoms with Gasteiger partial charge in [0.1, 0.15) is 0 Å². The number of benzene rings is 12. The standard InChI is InChI=1S/C80H72BN3/c1-77(2,3)54-41-55(78(4,5)6)44-59(43-54)83-71-47-65-51(35-33-49-23-16-18-27-61(49)65)37-67(71)81-68-38-52-36-34-50-24-17-19-28-62(50)66(52)48-72(68)84(60-45-56(79(7,8)9)42-57(46-60)80(10,11)12)74-40-53(39-73(83)76(74)81)63-30-22-32-70-75(63)64-29-20-21-31-69(64)82(70)58-25-14-13-15-26-58/h13-48H,1-12H3. The Kier molecular flexibility index (Phi) is 11.3. The number of hydrogen-bond acceptors (Lipinski definition) is 2. The van der Waals surface area contributed by atoms with E-state index < -0.39 is 0 Å². The van der Waals surface area contributed by atoms with Crippen LogP contribution in [0.2, 0.25) is 0 Å². The predicted octanol–water partition coefficient (Wildman–Crippen LogP) is 20.3. The van der Waals surface area contributed by atoms with Crippen molar-refractivity contribution >= 4 is 122 Å². The summed E-state index contributed by atoms with van der Waals surface area (Å²) >= 11 is 0. The van der Waals surface area contributed by atoms with Crippen LogP contribution in [0.25, 0.3) is 81.7 Å². The first-order valence-electron chi connectivity index (χ1n) is 30.3. The molecule has 0 fully saturated rings. The zero-order chi connectivity index (χ0) is 57.9. The lowest BCUT2D eigenvalue weighted by molar-refractivity contribution is 0.568. The number of nitrogens with zero attached hydrogens (tertiary/aromatic N) is 3. The number of fused-ring (bicyclic) bond motifs is 13. The molecule has 410 valence electrons. The molecule has 4 heteroatoms. The number of para-hydroxylation sites is 2. The highest BCUT2D eigenvalue weighted by molar-refractivity contribution is 7.00. The fourth-order valence-corrected chi connectivity index (χ4v) is 14.0. The molecule has 15 rings (SSSR count). The molecule has 0 radical (unpaired) electrons. The summed E-state index contributed by atoms with van der Waals surface area (Å²) in [6.07, 6.45) is 0. The predicted molar refractivity (Wildman–Crippen MR) is 365 cm³/mol. The molecule has 0 saturated carbocycles. The van der Waals surface area contributed by atoms with E-state index in [9.17, 15) is 0 Å². The summed E-state index contributed by atoms with van der Waals surface area (Å²) in [6, 6.07) is 84.5. The Hall–Kier alpha value is -8.86. The molecule has 1 aromatic heterocycles. The highest BCUT2D eigenvalue weighted by Gasteiger charge is 2.45. The van der Waals surface area contributed by atoms with E-state index in [1.165, 1.54) is 149 Å². The molecule has 0 aliphatic carbocycles. The third-order valence-corrected chi connectivity index (χ3v) is 18.6. The van der Waals surface area contributed by atoms with Crippen LogP contribution < -0.4 is 26.2 Å². The average molecular weight is 1090 g/mol. The first kappa shape index (κ1) is 52.0. The molecule has 84 heavy (non-hydrogen) atoms. The van der Waals surface area contributed by atoms with Crippen molar-refractivity contribution in [3.63, 3.8) is 0 Å². The van der Waals surface area contributed by atoms with Crippen molar-refractivity contribution in [3.05, 3.63) is 241 Å². The monoisotopic (exact) mass is 1090 g/mol. The van der Waals surface area contributed by atoms with Crippen LogP contribution in [0.1, 0.15) is 105 Å². The van der Waals surface area contributed by atoms with Gasteiger partial charge >= 0.3 is 0 Å². The minimum atomic E-state index is -0.121. The summed E-state index contributed by atoms with van der Waals surface area (Å²) in [5.41, 5.74) is 21.8. The maximum Gasteiger partial charge on any atom is 0.252 e. The van der Waals surface area contributed by atoms with Crippen molar-refractivity contribution in [3.8, 4) is 16.8 Å². The summed E-state index contributed by atoms with van der Waals surface area (Å²) in [4.78, 5) is 5.38. The van der Waals surface area contributed by atoms with Gasteiger partial charge < -0.3 is 14.4 Å². The lowest BCUT2D eigenvalue weighted by atomic mass is 9.33. The molecule has 3 nitrogen and oxygen atoms in total. The van der Waals surface area contributed by atoms with Crippen LogP contribution in [-0.2, 0) is 21.7 Å². The molecule has 13 aromatic rings. The van der Waals surface area contributed by atoms with Gasteiger partial charge in [0.05, 0.1) is 11.0 Å². The van der Waals surface area contributed by atoms with Gasteiger partial charge in [0, 0.05) is 50.6 Å². The highest BCUT2D eigenvalue weighted by atomic mass is 15.2. The average Bonchev–Trinajstić information content (AvgIpc) is 0.940. The van der Waals surface area contributed by atoms with Crippen LogP contribution in [0.5, 0.6) is 0 Å². The molecule has 0 bridgehead atoms. The molecular formula is C80H72BN3. The topological polar surface area (TPSA) is 11.4 Å². The zero-order valence-electron chi connectivity index (χ0n) is 50.7. The van der Waals surface area contributed by atoms with E-state index in [1.807, 2.05) is 0 Å². The number of aromatic nitrogens is 1. The summed E-state index contributed by atoms with van der Waals surface area (Å²) in [6.45, 7) is 28.3. The maximum absolute atomic E-state index is 2.69. The number of rotatable bonds is 4. The van der Waals surface area contributed by atoms with Gasteiger partial charge in [-0.05, 0) is 187 Å². The first-order valence-corrected chi connectivity index (χ1v) is 30.3. The SMILES string of the molecule is CC(C)(C)c1cc(N2c3cc4c(ccc5ccccc54)cc3B3c4cc5ccc6ccccc6c5cc4N(c4cc(C(C)(C)C)cc(C(C)(C)C)c4)c4cc(-c5cccc6c5c5ccccc5n6-c5ccccc5)cc2c43)cc(C(C)(C)C)c1. The van der Waals surface area contributed by atoms with Crippen LogP contribution in [-0.4, -0.2) is 11.3 Å². The zero-order valence-corrected chi connectivity index (χ0v) is 50.7. The van der Waals surface area contributed by atoms with Crippen molar-refractivity contribution in [1.29, 1.82) is 0 Å². The second-order valence-corrected chi connectivity index (χ2v) is 28.3. The minimum absolute atomic E-state index is 0.121. The van der Waals surface area contributed by atoms with Gasteiger partial charge in [0.15, 0.2) is 0 Å². The van der Waals surface area contributed by atoms with Gasteiger partial charge in [-0.1, -0.05) is 229 Å². The molecule has 0 atom stereocenters. The van der Waals surface area contributed by atoms with Crippen LogP contribution in [0.15, 0.2) is 218 Å². The summed E-state index contributed by atoms with van der Waals surface area (Å²) in [7, 11) is 0. The van der Waals surface area contributed by atoms with Gasteiger partial charge in [-0.3, -0.25) is 0 Å². The Labute approximate surface area is 495 Å². The Morgan fingerprint density at radius 1 is 0.298 bits per heavy atom. The molecule has 12 aromatic carbocycles. The van der Waals surface area contributed by atoms with Crippen LogP contribution in [0, 0.1) is 0 Å². The van der Waals surface area contributed by atoms with Crippen molar-refractivity contribution in [2.45, 2.75) is 105 Å². The second kappa shape index (κ2) is 18.3. The van der Waals surface area contributed by atoms with Crippen LogP contribution in [0.3, 0.4) is 0 Å². The maximum atomic E-state index is 2.69. The van der Waals surface area contributed by atoms with Crippen LogP contribution >= 0.6 is 0 Å². The van der Waals surface area contributed by atoms with E-state index in [0.717, 1.165) is 5.69 Å². The van der Waals surface area contributed by atoms with Gasteiger partial charge in [-0.2, -0.15) is 0 Å². The lowest BCUT2D eigenvalue weighted by Crippen LogP contribution is -2.61. The van der Waals surface area contributed by atoms with E-state index in [0.29, 0.717) is 0 Å². The quantitative estimate of drug-likeness (QED) is 0.129. The lowest BCUT2D eigenvalue weighted by Gasteiger charge is -2.45. The fraction of sp³-hybridized carbons (Fsp3) is 0.200. The Bertz CT molecular complexity index is 4600. The molecule has 3 heterocycles. The minimum Gasteiger partial charge on any atom is -0.311 e. The van der Waals surface area contributed by atoms with Gasteiger partial charge in [-0.25, -0.2) is 0 Å². The summed E-state index contributed by atoms with van der Waals surface area (Å²) < 4.78 is 2.46. The Morgan fingerprint density at radius 3 is 1.19 bits per heavy atom. The first-order chi connectivity index (χ1) is 40.2. The molecule has 0 N–H and O–H groups in total. The fourth-order valence-electron chi connectivity index (χ4n) is 14.0. The third-order valence-electron chi connectivity index (χ3n) is 18.6. The van der Waals surface area contributed by atoms with E-state index in [2.05, 4.69) is 316 Å². The summed E-state index contributed by atoms with van der Waals surface area (Å²) in [5.74, 6) is 0. The molecule has 2 aliphatic rings. The third kappa shape index (κ3) is 8.15. The molecule has 0 saturated heterocycles. The highest BCUT2D eigenvalue weighted by Crippen LogP contribution is 2.51. The number of hydrogen-bond donors (Lipinski definition) is 0. The van der Waals surface area contributed by atoms with Gasteiger partial charge in [0.25, 0.3) is 6.71 Å². The van der Waals surface area contributed by atoms with Crippen molar-refractivity contribution < 1.29 is 0 Å². The van der Waals surface area contributed by atoms with E-state index in [1.54, 1.807) is 0 Å². The van der Waals surface area contributed by atoms with Gasteiger partial charge in [0.2, 0.25) is 0 Å². The van der Waals surface area contributed by atoms with Gasteiger partial charge in [-0.15, -0.1) is 0 Å². The largest absolute Gasteiger partial charge is 0.311 e. The van der Waals surface area contributed by atoms with E-state index in [4.69, 9.17) is 0 Å². The molecule has 0 amide bonds.